The van der Waals surface area contributed by atoms with E-state index in [1.165, 1.54) is 0 Å². The van der Waals surface area contributed by atoms with Crippen LogP contribution in [0.3, 0.4) is 0 Å². The second kappa shape index (κ2) is 5.74. The van der Waals surface area contributed by atoms with Gasteiger partial charge in [0.15, 0.2) is 0 Å². The molecule has 1 aromatic rings. The van der Waals surface area contributed by atoms with E-state index in [2.05, 4.69) is 0 Å². The summed E-state index contributed by atoms with van der Waals surface area (Å²) in [5.41, 5.74) is 0. The summed E-state index contributed by atoms with van der Waals surface area (Å²) in [5.74, 6) is 0. The summed E-state index contributed by atoms with van der Waals surface area (Å²) in [6.45, 7) is 0. The lowest BCUT2D eigenvalue weighted by molar-refractivity contribution is -0.308. The number of aliphatic hydroxyl groups excluding tert-OH is 1. The van der Waals surface area contributed by atoms with Crippen molar-refractivity contribution < 1.29 is 31.4 Å². The van der Waals surface area contributed by atoms with Crippen molar-refractivity contribution in [1.82, 2.24) is 0 Å². The van der Waals surface area contributed by atoms with Crippen LogP contribution < -0.4 is 0 Å². The van der Waals surface area contributed by atoms with E-state index in [-0.39, 0.29) is 0 Å². The Morgan fingerprint density at radius 1 is 0.625 bits per heavy atom. The zero-order valence-corrected chi connectivity index (χ0v) is 7.76. The third-order valence-corrected chi connectivity index (χ3v) is 1.29. The van der Waals surface area contributed by atoms with Gasteiger partial charge in [-0.05, 0) is 0 Å². The lowest BCUT2D eigenvalue weighted by Gasteiger charge is -2.16. The molecular formula is C9H8F6O. The Balaban J connectivity index is 0.000000315. The molecule has 92 valence electrons. The molecule has 0 aliphatic rings. The first-order chi connectivity index (χ1) is 7.15. The third kappa shape index (κ3) is 6.28. The molecule has 1 nitrogen and oxygen atoms in total. The number of benzene rings is 1. The fourth-order valence-electron chi connectivity index (χ4n) is 0.570. The Kier molecular flexibility index (Phi) is 5.29. The maximum Gasteiger partial charge on any atom is 0.423 e. The molecule has 0 fully saturated rings. The van der Waals surface area contributed by atoms with Gasteiger partial charge in [0.2, 0.25) is 6.10 Å². The average Bonchev–Trinajstić information content (AvgIpc) is 2.17. The van der Waals surface area contributed by atoms with Crippen LogP contribution in [0.5, 0.6) is 0 Å². The van der Waals surface area contributed by atoms with Gasteiger partial charge in [-0.3, -0.25) is 0 Å². The fraction of sp³-hybridized carbons (Fsp3) is 0.333. The molecule has 0 aromatic heterocycles. The summed E-state index contributed by atoms with van der Waals surface area (Å²) in [6, 6.07) is 12.0. The van der Waals surface area contributed by atoms with Crippen molar-refractivity contribution >= 4 is 0 Å². The minimum atomic E-state index is -5.63. The minimum Gasteiger partial charge on any atom is -0.377 e. The molecule has 0 amide bonds. The van der Waals surface area contributed by atoms with Gasteiger partial charge in [-0.2, -0.15) is 26.3 Å². The number of rotatable bonds is 0. The number of hydrogen-bond donors (Lipinski definition) is 1. The second-order valence-corrected chi connectivity index (χ2v) is 2.64. The normalized spacial score (nSPS) is 12.0. The second-order valence-electron chi connectivity index (χ2n) is 2.64. The highest BCUT2D eigenvalue weighted by Crippen LogP contribution is 2.32. The van der Waals surface area contributed by atoms with Crippen molar-refractivity contribution in [3.05, 3.63) is 36.4 Å². The van der Waals surface area contributed by atoms with Crippen LogP contribution in [-0.2, 0) is 0 Å². The van der Waals surface area contributed by atoms with E-state index in [0.29, 0.717) is 0 Å². The molecule has 0 atom stereocenters. The zero-order valence-electron chi connectivity index (χ0n) is 7.76. The lowest BCUT2D eigenvalue weighted by atomic mass is 10.3. The van der Waals surface area contributed by atoms with Crippen LogP contribution in [0, 0.1) is 0 Å². The minimum absolute atomic E-state index is 2.00. The van der Waals surface area contributed by atoms with E-state index in [1.807, 2.05) is 36.4 Å². The molecular weight excluding hydrogens is 238 g/mol. The maximum atomic E-state index is 11.0. The SMILES string of the molecule is OC(C(F)(F)F)C(F)(F)F.c1ccccc1. The van der Waals surface area contributed by atoms with Crippen molar-refractivity contribution in [2.75, 3.05) is 0 Å². The molecule has 0 saturated carbocycles. The number of aliphatic hydroxyl groups is 1. The van der Waals surface area contributed by atoms with E-state index in [4.69, 9.17) is 5.11 Å². The van der Waals surface area contributed by atoms with Crippen molar-refractivity contribution in [2.24, 2.45) is 0 Å². The van der Waals surface area contributed by atoms with Gasteiger partial charge in [0.25, 0.3) is 0 Å². The van der Waals surface area contributed by atoms with Gasteiger partial charge in [-0.25, -0.2) is 0 Å². The fourth-order valence-corrected chi connectivity index (χ4v) is 0.570. The Hall–Kier alpha value is -1.24. The molecule has 1 N–H and O–H groups in total. The topological polar surface area (TPSA) is 20.2 Å². The molecule has 0 aliphatic carbocycles. The summed E-state index contributed by atoms with van der Waals surface area (Å²) >= 11 is 0. The first-order valence-electron chi connectivity index (χ1n) is 3.97. The van der Waals surface area contributed by atoms with E-state index < -0.39 is 18.5 Å². The highest BCUT2D eigenvalue weighted by atomic mass is 19.4. The summed E-state index contributed by atoms with van der Waals surface area (Å²) in [7, 11) is 0. The van der Waals surface area contributed by atoms with Crippen LogP contribution in [0.15, 0.2) is 36.4 Å². The average molecular weight is 246 g/mol. The van der Waals surface area contributed by atoms with Crippen molar-refractivity contribution in [3.63, 3.8) is 0 Å². The summed E-state index contributed by atoms with van der Waals surface area (Å²) in [5, 5.41) is 7.47. The van der Waals surface area contributed by atoms with Crippen LogP contribution in [0.2, 0.25) is 0 Å². The van der Waals surface area contributed by atoms with E-state index in [9.17, 15) is 26.3 Å². The van der Waals surface area contributed by atoms with Crippen LogP contribution in [0.25, 0.3) is 0 Å². The Morgan fingerprint density at radius 3 is 0.875 bits per heavy atom. The molecule has 1 rings (SSSR count). The van der Waals surface area contributed by atoms with Gasteiger partial charge in [0.05, 0.1) is 0 Å². The number of alkyl halides is 6. The molecule has 7 heteroatoms. The van der Waals surface area contributed by atoms with E-state index in [0.717, 1.165) is 0 Å². The smallest absolute Gasteiger partial charge is 0.377 e. The van der Waals surface area contributed by atoms with Crippen LogP contribution in [0.1, 0.15) is 0 Å². The molecule has 0 unspecified atom stereocenters. The maximum absolute atomic E-state index is 11.0. The Morgan fingerprint density at radius 2 is 0.812 bits per heavy atom. The number of hydrogen-bond acceptors (Lipinski definition) is 1. The predicted molar refractivity (Wildman–Crippen MR) is 44.6 cm³/mol. The van der Waals surface area contributed by atoms with Gasteiger partial charge in [-0.1, -0.05) is 36.4 Å². The predicted octanol–water partition coefficient (Wildman–Crippen LogP) is 3.16. The van der Waals surface area contributed by atoms with Gasteiger partial charge in [-0.15, -0.1) is 0 Å². The van der Waals surface area contributed by atoms with Crippen molar-refractivity contribution in [3.8, 4) is 0 Å². The summed E-state index contributed by atoms with van der Waals surface area (Å²) < 4.78 is 65.9. The zero-order chi connectivity index (χ0) is 12.8. The van der Waals surface area contributed by atoms with E-state index >= 15 is 0 Å². The highest BCUT2D eigenvalue weighted by Gasteiger charge is 2.55. The molecule has 1 aromatic carbocycles. The quantitative estimate of drug-likeness (QED) is 0.697. The molecule has 0 saturated heterocycles. The Labute approximate surface area is 87.3 Å². The molecule has 0 radical (unpaired) electrons. The van der Waals surface area contributed by atoms with E-state index in [1.54, 1.807) is 0 Å². The van der Waals surface area contributed by atoms with Gasteiger partial charge >= 0.3 is 12.4 Å². The van der Waals surface area contributed by atoms with Crippen molar-refractivity contribution in [1.29, 1.82) is 0 Å². The van der Waals surface area contributed by atoms with Crippen LogP contribution >= 0.6 is 0 Å². The largest absolute Gasteiger partial charge is 0.423 e. The summed E-state index contributed by atoms with van der Waals surface area (Å²) in [6.07, 6.45) is -15.5. The molecule has 0 bridgehead atoms. The van der Waals surface area contributed by atoms with Crippen LogP contribution in [-0.4, -0.2) is 23.6 Å². The van der Waals surface area contributed by atoms with Gasteiger partial charge < -0.3 is 5.11 Å². The Bertz CT molecular complexity index is 238. The molecule has 16 heavy (non-hydrogen) atoms. The van der Waals surface area contributed by atoms with Gasteiger partial charge in [0.1, 0.15) is 0 Å². The summed E-state index contributed by atoms with van der Waals surface area (Å²) in [4.78, 5) is 0. The molecule has 0 aliphatic heterocycles. The van der Waals surface area contributed by atoms with Crippen LogP contribution in [0.4, 0.5) is 26.3 Å². The first kappa shape index (κ1) is 14.8. The third-order valence-electron chi connectivity index (χ3n) is 1.29. The van der Waals surface area contributed by atoms with Crippen molar-refractivity contribution in [2.45, 2.75) is 18.5 Å². The first-order valence-corrected chi connectivity index (χ1v) is 3.97. The lowest BCUT2D eigenvalue weighted by Crippen LogP contribution is -2.41. The highest BCUT2D eigenvalue weighted by molar-refractivity contribution is 4.99. The monoisotopic (exact) mass is 246 g/mol. The molecule has 0 heterocycles. The van der Waals surface area contributed by atoms with Gasteiger partial charge in [0, 0.05) is 0 Å². The number of halogens is 6. The molecule has 0 spiro atoms. The standard InChI is InChI=1S/C6H6.C3H2F6O/c1-2-4-6-5-3-1;4-2(5,6)1(10)3(7,8)9/h1-6H;1,10H.